The van der Waals surface area contributed by atoms with E-state index in [1.54, 1.807) is 12.3 Å². The van der Waals surface area contributed by atoms with Gasteiger partial charge in [0.2, 0.25) is 7.12 Å². The Kier molecular flexibility index (Phi) is 3.92. The molecule has 0 unspecified atom stereocenters. The zero-order valence-corrected chi connectivity index (χ0v) is 8.15. The first-order chi connectivity index (χ1) is 5.74. The number of nitrogens with zero attached hydrogens (tertiary/aromatic N) is 1. The summed E-state index contributed by atoms with van der Waals surface area (Å²) in [6.07, 6.45) is 1.71. The fraction of sp³-hybridized carbons (Fsp3) is 0.286. The van der Waals surface area contributed by atoms with E-state index in [4.69, 9.17) is 22.9 Å². The van der Waals surface area contributed by atoms with Crippen molar-refractivity contribution in [2.45, 2.75) is 13.5 Å². The van der Waals surface area contributed by atoms with Gasteiger partial charge < -0.3 is 4.18 Å². The van der Waals surface area contributed by atoms with E-state index in [0.717, 1.165) is 23.0 Å². The number of rotatable bonds is 3. The summed E-state index contributed by atoms with van der Waals surface area (Å²) in [5, 5.41) is 0.473. The highest BCUT2D eigenvalue weighted by Gasteiger charge is 1.99. The Balaban J connectivity index is 2.75. The van der Waals surface area contributed by atoms with Crippen molar-refractivity contribution in [1.29, 1.82) is 0 Å². The third-order valence-corrected chi connectivity index (χ3v) is 1.92. The number of aryl methyl sites for hydroxylation is 1. The van der Waals surface area contributed by atoms with Gasteiger partial charge in [0.25, 0.3) is 0 Å². The topological polar surface area (TPSA) is 22.1 Å². The Morgan fingerprint density at radius 3 is 3.17 bits per heavy atom. The fourth-order valence-electron chi connectivity index (χ4n) is 0.789. The van der Waals surface area contributed by atoms with Gasteiger partial charge >= 0.3 is 0 Å². The van der Waals surface area contributed by atoms with E-state index in [2.05, 4.69) is 4.98 Å². The fourth-order valence-corrected chi connectivity index (χ4v) is 1.16. The lowest BCUT2D eigenvalue weighted by atomic mass is 10.2. The summed E-state index contributed by atoms with van der Waals surface area (Å²) in [5.74, 6) is 0. The molecule has 0 N–H and O–H groups in total. The van der Waals surface area contributed by atoms with Crippen LogP contribution < -0.4 is 0 Å². The van der Waals surface area contributed by atoms with E-state index in [1.807, 2.05) is 6.92 Å². The molecular formula is C7H7BClNOS. The maximum atomic E-state index is 5.69. The van der Waals surface area contributed by atoms with E-state index in [-0.39, 0.29) is 0 Å². The molecule has 62 valence electrons. The maximum Gasteiger partial charge on any atom is 0.203 e. The summed E-state index contributed by atoms with van der Waals surface area (Å²) in [6, 6.07) is 1.77. The Labute approximate surface area is 82.2 Å². The summed E-state index contributed by atoms with van der Waals surface area (Å²) in [4.78, 5) is 3.92. The highest BCUT2D eigenvalue weighted by atomic mass is 35.5. The van der Waals surface area contributed by atoms with Crippen LogP contribution >= 0.6 is 23.5 Å². The molecule has 0 spiro atoms. The van der Waals surface area contributed by atoms with Crippen molar-refractivity contribution >= 4 is 30.6 Å². The first kappa shape index (κ1) is 9.90. The summed E-state index contributed by atoms with van der Waals surface area (Å²) in [5.41, 5.74) is 2.06. The average Bonchev–Trinajstić information content (AvgIpc) is 2.07. The maximum absolute atomic E-state index is 5.69. The molecule has 0 bridgehead atoms. The van der Waals surface area contributed by atoms with Gasteiger partial charge in [-0.1, -0.05) is 23.5 Å². The summed E-state index contributed by atoms with van der Waals surface area (Å²) in [7, 11) is 5.11. The minimum Gasteiger partial charge on any atom is -0.324 e. The molecule has 0 saturated carbocycles. The molecule has 0 aliphatic rings. The van der Waals surface area contributed by atoms with Crippen molar-refractivity contribution in [3.63, 3.8) is 0 Å². The van der Waals surface area contributed by atoms with E-state index in [0.29, 0.717) is 11.8 Å². The molecule has 0 saturated heterocycles. The van der Waals surface area contributed by atoms with E-state index in [9.17, 15) is 0 Å². The zero-order chi connectivity index (χ0) is 8.97. The number of hydrogen-bond acceptors (Lipinski definition) is 3. The summed E-state index contributed by atoms with van der Waals surface area (Å²) >= 11 is 6.54. The van der Waals surface area contributed by atoms with Crippen LogP contribution in [0.25, 0.3) is 0 Å². The Hall–Kier alpha value is -0.185. The van der Waals surface area contributed by atoms with Crippen LogP contribution in [0.15, 0.2) is 12.3 Å². The van der Waals surface area contributed by atoms with Crippen LogP contribution in [0.4, 0.5) is 0 Å². The van der Waals surface area contributed by atoms with Crippen LogP contribution in [0.1, 0.15) is 11.1 Å². The molecule has 12 heavy (non-hydrogen) atoms. The number of aromatic nitrogens is 1. The highest BCUT2D eigenvalue weighted by molar-refractivity contribution is 8.15. The molecule has 0 amide bonds. The molecule has 0 aromatic carbocycles. The van der Waals surface area contributed by atoms with Crippen molar-refractivity contribution in [1.82, 2.24) is 4.98 Å². The van der Waals surface area contributed by atoms with Gasteiger partial charge in [-0.2, -0.15) is 0 Å². The second kappa shape index (κ2) is 4.75. The predicted molar refractivity (Wildman–Crippen MR) is 52.1 cm³/mol. The largest absolute Gasteiger partial charge is 0.324 e. The van der Waals surface area contributed by atoms with Gasteiger partial charge in [-0.15, -0.1) is 0 Å². The van der Waals surface area contributed by atoms with Gasteiger partial charge in [0.05, 0.1) is 6.61 Å². The monoisotopic (exact) mass is 199 g/mol. The lowest BCUT2D eigenvalue weighted by Crippen LogP contribution is -1.91. The van der Waals surface area contributed by atoms with Gasteiger partial charge in [0.1, 0.15) is 5.15 Å². The quantitative estimate of drug-likeness (QED) is 0.424. The van der Waals surface area contributed by atoms with Gasteiger partial charge in [0, 0.05) is 6.20 Å². The highest BCUT2D eigenvalue weighted by Crippen LogP contribution is 2.14. The molecule has 0 atom stereocenters. The van der Waals surface area contributed by atoms with Crippen LogP contribution in [-0.2, 0) is 10.8 Å². The molecule has 0 aliphatic heterocycles. The average molecular weight is 199 g/mol. The molecule has 1 aromatic heterocycles. The standard InChI is InChI=1S/C7H7BClNOS/c1-5-3-10-7(9)2-6(5)4-11-12-8/h2-3H,4H2,1H3. The van der Waals surface area contributed by atoms with Gasteiger partial charge in [-0.25, -0.2) is 4.98 Å². The Morgan fingerprint density at radius 1 is 1.75 bits per heavy atom. The number of hydrogen-bond donors (Lipinski definition) is 0. The van der Waals surface area contributed by atoms with Crippen LogP contribution in [0, 0.1) is 6.92 Å². The molecule has 1 heterocycles. The first-order valence-corrected chi connectivity index (χ1v) is 4.51. The smallest absolute Gasteiger partial charge is 0.203 e. The predicted octanol–water partition coefficient (Wildman–Crippen LogP) is 2.29. The van der Waals surface area contributed by atoms with Crippen LogP contribution in [-0.4, -0.2) is 12.1 Å². The third kappa shape index (κ3) is 2.70. The van der Waals surface area contributed by atoms with Crippen LogP contribution in [0.2, 0.25) is 5.15 Å². The Bertz CT molecular complexity index is 272. The molecule has 2 nitrogen and oxygen atoms in total. The van der Waals surface area contributed by atoms with E-state index >= 15 is 0 Å². The number of halogens is 1. The third-order valence-electron chi connectivity index (χ3n) is 1.46. The molecule has 2 radical (unpaired) electrons. The molecular weight excluding hydrogens is 192 g/mol. The lowest BCUT2D eigenvalue weighted by molar-refractivity contribution is 0.368. The number of pyridine rings is 1. The molecule has 5 heteroatoms. The molecule has 0 aliphatic carbocycles. The van der Waals surface area contributed by atoms with Crippen molar-refractivity contribution < 1.29 is 4.18 Å². The normalized spacial score (nSPS) is 10.2. The second-order valence-electron chi connectivity index (χ2n) is 2.29. The van der Waals surface area contributed by atoms with Gasteiger partial charge in [-0.3, -0.25) is 0 Å². The first-order valence-electron chi connectivity index (χ1n) is 3.33. The lowest BCUT2D eigenvalue weighted by Gasteiger charge is -2.04. The summed E-state index contributed by atoms with van der Waals surface area (Å²) < 4.78 is 4.96. The minimum atomic E-state index is 0.454. The van der Waals surface area contributed by atoms with Crippen molar-refractivity contribution in [3.8, 4) is 0 Å². The Morgan fingerprint density at radius 2 is 2.50 bits per heavy atom. The molecule has 0 fully saturated rings. The van der Waals surface area contributed by atoms with Crippen LogP contribution in [0.3, 0.4) is 0 Å². The molecule has 1 rings (SSSR count). The van der Waals surface area contributed by atoms with E-state index in [1.165, 1.54) is 0 Å². The zero-order valence-electron chi connectivity index (χ0n) is 6.58. The van der Waals surface area contributed by atoms with Gasteiger partial charge in [0.15, 0.2) is 0 Å². The second-order valence-corrected chi connectivity index (χ2v) is 3.11. The van der Waals surface area contributed by atoms with E-state index < -0.39 is 0 Å². The van der Waals surface area contributed by atoms with Crippen molar-refractivity contribution in [3.05, 3.63) is 28.5 Å². The van der Waals surface area contributed by atoms with Crippen molar-refractivity contribution in [2.24, 2.45) is 0 Å². The minimum absolute atomic E-state index is 0.454. The SMILES string of the molecule is [B]SOCc1cc(Cl)ncc1C. The van der Waals surface area contributed by atoms with Gasteiger partial charge in [-0.05, 0) is 24.1 Å². The van der Waals surface area contributed by atoms with Crippen molar-refractivity contribution in [2.75, 3.05) is 0 Å². The van der Waals surface area contributed by atoms with Crippen LogP contribution in [0.5, 0.6) is 0 Å². The molecule has 1 aromatic rings. The summed E-state index contributed by atoms with van der Waals surface area (Å²) in [6.45, 7) is 2.40.